The Bertz CT molecular complexity index is 387. The van der Waals surface area contributed by atoms with E-state index < -0.39 is 0 Å². The van der Waals surface area contributed by atoms with Gasteiger partial charge in [0.2, 0.25) is 0 Å². The lowest BCUT2D eigenvalue weighted by Crippen LogP contribution is -2.31. The molecule has 1 heterocycles. The number of ether oxygens (including phenoxy) is 3. The Morgan fingerprint density at radius 3 is 2.65 bits per heavy atom. The zero-order valence-electron chi connectivity index (χ0n) is 12.4. The van der Waals surface area contributed by atoms with Gasteiger partial charge in [-0.2, -0.15) is 0 Å². The van der Waals surface area contributed by atoms with Gasteiger partial charge in [-0.1, -0.05) is 19.1 Å². The largest absolute Gasteiger partial charge is 0.497 e. The van der Waals surface area contributed by atoms with Crippen LogP contribution in [0.15, 0.2) is 24.3 Å². The second-order valence-electron chi connectivity index (χ2n) is 5.23. The summed E-state index contributed by atoms with van der Waals surface area (Å²) in [7, 11) is 1.66. The monoisotopic (exact) mass is 279 g/mol. The molecule has 3 atom stereocenters. The van der Waals surface area contributed by atoms with Crippen molar-refractivity contribution in [3.63, 3.8) is 0 Å². The smallest absolute Gasteiger partial charge is 0.118 e. The van der Waals surface area contributed by atoms with Gasteiger partial charge in [-0.25, -0.2) is 0 Å². The maximum atomic E-state index is 6.21. The number of rotatable bonds is 7. The van der Waals surface area contributed by atoms with Crippen LogP contribution in [-0.4, -0.2) is 32.5 Å². The first-order chi connectivity index (χ1) is 9.74. The van der Waals surface area contributed by atoms with Crippen LogP contribution in [0.1, 0.15) is 37.9 Å². The van der Waals surface area contributed by atoms with E-state index in [1.54, 1.807) is 7.11 Å². The van der Waals surface area contributed by atoms with Gasteiger partial charge in [0.05, 0.1) is 25.9 Å². The number of hydrogen-bond donors (Lipinski definition) is 1. The SMILES string of the molecule is CCC(N)C(OCC1CCCO1)c1ccc(OC)cc1. The minimum absolute atomic E-state index is 0.00945. The second-order valence-corrected chi connectivity index (χ2v) is 5.23. The van der Waals surface area contributed by atoms with Gasteiger partial charge in [-0.15, -0.1) is 0 Å². The zero-order chi connectivity index (χ0) is 14.4. The molecule has 0 saturated carbocycles. The highest BCUT2D eigenvalue weighted by molar-refractivity contribution is 5.29. The minimum atomic E-state index is -0.0879. The van der Waals surface area contributed by atoms with Crippen molar-refractivity contribution in [2.75, 3.05) is 20.3 Å². The molecule has 20 heavy (non-hydrogen) atoms. The number of benzene rings is 1. The van der Waals surface area contributed by atoms with Gasteiger partial charge in [0.1, 0.15) is 5.75 Å². The molecule has 0 amide bonds. The summed E-state index contributed by atoms with van der Waals surface area (Å²) in [6.45, 7) is 3.54. The predicted molar refractivity (Wildman–Crippen MR) is 78.9 cm³/mol. The van der Waals surface area contributed by atoms with Crippen LogP contribution in [0, 0.1) is 0 Å². The van der Waals surface area contributed by atoms with Gasteiger partial charge in [0.15, 0.2) is 0 Å². The van der Waals surface area contributed by atoms with Crippen molar-refractivity contribution in [2.24, 2.45) is 5.73 Å². The maximum absolute atomic E-state index is 6.21. The molecule has 0 aromatic heterocycles. The third-order valence-corrected chi connectivity index (χ3v) is 3.79. The van der Waals surface area contributed by atoms with E-state index in [-0.39, 0.29) is 18.2 Å². The average Bonchev–Trinajstić information content (AvgIpc) is 3.01. The first kappa shape index (κ1) is 15.3. The number of nitrogens with two attached hydrogens (primary N) is 1. The molecule has 3 unspecified atom stereocenters. The van der Waals surface area contributed by atoms with Gasteiger partial charge in [-0.3, -0.25) is 0 Å². The molecule has 2 N–H and O–H groups in total. The van der Waals surface area contributed by atoms with E-state index in [9.17, 15) is 0 Å². The number of methoxy groups -OCH3 is 1. The molecule has 0 aliphatic carbocycles. The topological polar surface area (TPSA) is 53.7 Å². The Kier molecular flexibility index (Phi) is 5.83. The molecule has 1 fully saturated rings. The molecule has 1 aliphatic heterocycles. The maximum Gasteiger partial charge on any atom is 0.118 e. The summed E-state index contributed by atoms with van der Waals surface area (Å²) in [5.74, 6) is 0.844. The Morgan fingerprint density at radius 1 is 1.35 bits per heavy atom. The van der Waals surface area contributed by atoms with Gasteiger partial charge in [-0.05, 0) is 37.0 Å². The molecule has 112 valence electrons. The van der Waals surface area contributed by atoms with Crippen LogP contribution in [0.2, 0.25) is 0 Å². The lowest BCUT2D eigenvalue weighted by Gasteiger charge is -2.25. The summed E-state index contributed by atoms with van der Waals surface area (Å²) in [5.41, 5.74) is 7.30. The lowest BCUT2D eigenvalue weighted by atomic mass is 10.0. The Labute approximate surface area is 121 Å². The molecule has 2 rings (SSSR count). The summed E-state index contributed by atoms with van der Waals surface area (Å²) < 4.78 is 16.8. The summed E-state index contributed by atoms with van der Waals surface area (Å²) in [6, 6.07) is 7.92. The zero-order valence-corrected chi connectivity index (χ0v) is 12.4. The van der Waals surface area contributed by atoms with E-state index in [1.165, 1.54) is 0 Å². The van der Waals surface area contributed by atoms with Gasteiger partial charge >= 0.3 is 0 Å². The van der Waals surface area contributed by atoms with E-state index in [4.69, 9.17) is 19.9 Å². The average molecular weight is 279 g/mol. The molecule has 1 aromatic carbocycles. The Hall–Kier alpha value is -1.10. The molecule has 0 bridgehead atoms. The first-order valence-corrected chi connectivity index (χ1v) is 7.37. The molecule has 1 saturated heterocycles. The van der Waals surface area contributed by atoms with Crippen molar-refractivity contribution in [1.82, 2.24) is 0 Å². The molecule has 1 aliphatic rings. The summed E-state index contributed by atoms with van der Waals surface area (Å²) in [4.78, 5) is 0. The van der Waals surface area contributed by atoms with Crippen LogP contribution < -0.4 is 10.5 Å². The molecule has 1 aromatic rings. The van der Waals surface area contributed by atoms with E-state index in [0.29, 0.717) is 6.61 Å². The van der Waals surface area contributed by atoms with Gasteiger partial charge < -0.3 is 19.9 Å². The van der Waals surface area contributed by atoms with Crippen molar-refractivity contribution >= 4 is 0 Å². The van der Waals surface area contributed by atoms with E-state index in [1.807, 2.05) is 24.3 Å². The fourth-order valence-electron chi connectivity index (χ4n) is 2.46. The third kappa shape index (κ3) is 3.95. The normalized spacial score (nSPS) is 21.6. The van der Waals surface area contributed by atoms with Crippen LogP contribution in [0.25, 0.3) is 0 Å². The first-order valence-electron chi connectivity index (χ1n) is 7.37. The molecule has 4 nitrogen and oxygen atoms in total. The van der Waals surface area contributed by atoms with Gasteiger partial charge in [0.25, 0.3) is 0 Å². The van der Waals surface area contributed by atoms with Crippen molar-refractivity contribution in [3.05, 3.63) is 29.8 Å². The summed E-state index contributed by atoms with van der Waals surface area (Å²) in [5, 5.41) is 0. The highest BCUT2D eigenvalue weighted by Gasteiger charge is 2.23. The van der Waals surface area contributed by atoms with Crippen molar-refractivity contribution < 1.29 is 14.2 Å². The lowest BCUT2D eigenvalue weighted by molar-refractivity contribution is -0.0310. The van der Waals surface area contributed by atoms with Gasteiger partial charge in [0, 0.05) is 12.6 Å². The Morgan fingerprint density at radius 2 is 2.10 bits per heavy atom. The second kappa shape index (κ2) is 7.62. The molecule has 0 spiro atoms. The van der Waals surface area contributed by atoms with E-state index >= 15 is 0 Å². The third-order valence-electron chi connectivity index (χ3n) is 3.79. The fraction of sp³-hybridized carbons (Fsp3) is 0.625. The summed E-state index contributed by atoms with van der Waals surface area (Å²) >= 11 is 0. The predicted octanol–water partition coefficient (Wildman–Crippen LogP) is 2.67. The molecular weight excluding hydrogens is 254 g/mol. The van der Waals surface area contributed by atoms with Crippen LogP contribution >= 0.6 is 0 Å². The quantitative estimate of drug-likeness (QED) is 0.833. The van der Waals surface area contributed by atoms with E-state index in [0.717, 1.165) is 37.2 Å². The number of hydrogen-bond acceptors (Lipinski definition) is 4. The molecule has 4 heteroatoms. The standard InChI is InChI=1S/C16H25NO3/c1-3-15(17)16(20-11-14-5-4-10-19-14)12-6-8-13(18-2)9-7-12/h6-9,14-16H,3-5,10-11,17H2,1-2H3. The van der Waals surface area contributed by atoms with Crippen LogP contribution in [0.3, 0.4) is 0 Å². The van der Waals surface area contributed by atoms with Crippen LogP contribution in [0.4, 0.5) is 0 Å². The highest BCUT2D eigenvalue weighted by atomic mass is 16.5. The van der Waals surface area contributed by atoms with Crippen LogP contribution in [0.5, 0.6) is 5.75 Å². The van der Waals surface area contributed by atoms with Crippen molar-refractivity contribution in [2.45, 2.75) is 44.4 Å². The fourth-order valence-corrected chi connectivity index (χ4v) is 2.46. The highest BCUT2D eigenvalue weighted by Crippen LogP contribution is 2.25. The van der Waals surface area contributed by atoms with E-state index in [2.05, 4.69) is 6.92 Å². The Balaban J connectivity index is 2.01. The van der Waals surface area contributed by atoms with Crippen molar-refractivity contribution in [3.8, 4) is 5.75 Å². The summed E-state index contributed by atoms with van der Waals surface area (Å²) in [6.07, 6.45) is 3.22. The molecular formula is C16H25NO3. The van der Waals surface area contributed by atoms with Crippen molar-refractivity contribution in [1.29, 1.82) is 0 Å². The van der Waals surface area contributed by atoms with Crippen LogP contribution in [-0.2, 0) is 9.47 Å². The minimum Gasteiger partial charge on any atom is -0.497 e. The molecule has 0 radical (unpaired) electrons.